The van der Waals surface area contributed by atoms with Crippen LogP contribution in [0.5, 0.6) is 0 Å². The van der Waals surface area contributed by atoms with E-state index in [1.807, 2.05) is 0 Å². The lowest BCUT2D eigenvalue weighted by Gasteiger charge is -2.22. The Morgan fingerprint density at radius 2 is 2.16 bits per heavy atom. The molecule has 19 heavy (non-hydrogen) atoms. The molecule has 0 radical (unpaired) electrons. The topological polar surface area (TPSA) is 75.6 Å². The monoisotopic (exact) mass is 307 g/mol. The average molecular weight is 308 g/mol. The number of benzene rings is 1. The van der Waals surface area contributed by atoms with Gasteiger partial charge in [-0.25, -0.2) is 13.1 Å². The van der Waals surface area contributed by atoms with Gasteiger partial charge in [0.2, 0.25) is 10.0 Å². The summed E-state index contributed by atoms with van der Waals surface area (Å²) in [6, 6.07) is 6.63. The Hall–Kier alpha value is -0.660. The molecule has 0 aliphatic carbocycles. The number of aliphatic hydroxyl groups is 1. The van der Waals surface area contributed by atoms with E-state index in [1.54, 1.807) is 24.3 Å². The van der Waals surface area contributed by atoms with Gasteiger partial charge in [-0.15, -0.1) is 0 Å². The molecule has 0 saturated carbocycles. The largest absolute Gasteiger partial charge is 0.386 e. The molecule has 1 atom stereocenters. The minimum absolute atomic E-state index is 0.0483. The maximum Gasteiger partial charge on any atom is 0.215 e. The lowest BCUT2D eigenvalue weighted by molar-refractivity contribution is -0.0120. The van der Waals surface area contributed by atoms with E-state index < -0.39 is 15.6 Å². The predicted molar refractivity (Wildman–Crippen MR) is 74.6 cm³/mol. The molecular formula is C12H18ClNO4S. The van der Waals surface area contributed by atoms with Crippen LogP contribution in [0.25, 0.3) is 0 Å². The maximum atomic E-state index is 11.9. The van der Waals surface area contributed by atoms with Gasteiger partial charge in [0.1, 0.15) is 0 Å². The summed E-state index contributed by atoms with van der Waals surface area (Å²) in [6.07, 6.45) is 0. The smallest absolute Gasteiger partial charge is 0.215 e. The third kappa shape index (κ3) is 6.35. The fraction of sp³-hybridized carbons (Fsp3) is 0.500. The molecule has 0 aliphatic heterocycles. The van der Waals surface area contributed by atoms with Gasteiger partial charge in [0.05, 0.1) is 18.0 Å². The second kappa shape index (κ2) is 6.67. The Bertz CT molecular complexity index is 516. The van der Waals surface area contributed by atoms with Crippen LogP contribution in [-0.4, -0.2) is 39.4 Å². The SMILES string of the molecule is COCC(C)(O)CNS(=O)(=O)Cc1cccc(Cl)c1. The van der Waals surface area contributed by atoms with Crippen molar-refractivity contribution in [2.75, 3.05) is 20.3 Å². The normalized spacial score (nSPS) is 15.2. The first-order valence-electron chi connectivity index (χ1n) is 5.67. The molecule has 0 heterocycles. The number of nitrogens with one attached hydrogen (secondary N) is 1. The molecule has 0 fully saturated rings. The fourth-order valence-corrected chi connectivity index (χ4v) is 2.99. The third-order valence-corrected chi connectivity index (χ3v) is 3.91. The van der Waals surface area contributed by atoms with Crippen LogP contribution < -0.4 is 4.72 Å². The van der Waals surface area contributed by atoms with Crippen molar-refractivity contribution in [1.82, 2.24) is 4.72 Å². The Kier molecular flexibility index (Phi) is 5.76. The second-order valence-corrected chi connectivity index (χ2v) is 6.88. The van der Waals surface area contributed by atoms with Crippen molar-refractivity contribution < 1.29 is 18.3 Å². The summed E-state index contributed by atoms with van der Waals surface area (Å²) in [5, 5.41) is 10.3. The number of hydrogen-bond acceptors (Lipinski definition) is 4. The molecule has 0 spiro atoms. The lowest BCUT2D eigenvalue weighted by atomic mass is 10.1. The van der Waals surface area contributed by atoms with E-state index in [0.717, 1.165) is 0 Å². The Balaban J connectivity index is 2.62. The highest BCUT2D eigenvalue weighted by Crippen LogP contribution is 2.13. The van der Waals surface area contributed by atoms with Crippen molar-refractivity contribution in [1.29, 1.82) is 0 Å². The summed E-state index contributed by atoms with van der Waals surface area (Å²) in [7, 11) is -2.09. The highest BCUT2D eigenvalue weighted by Gasteiger charge is 2.23. The number of rotatable bonds is 7. The molecule has 5 nitrogen and oxygen atoms in total. The lowest BCUT2D eigenvalue weighted by Crippen LogP contribution is -2.44. The van der Waals surface area contributed by atoms with Crippen LogP contribution in [0.1, 0.15) is 12.5 Å². The molecule has 1 aromatic rings. The minimum atomic E-state index is -3.53. The Morgan fingerprint density at radius 3 is 2.74 bits per heavy atom. The molecule has 0 saturated heterocycles. The number of hydrogen-bond donors (Lipinski definition) is 2. The minimum Gasteiger partial charge on any atom is -0.386 e. The Morgan fingerprint density at radius 1 is 1.47 bits per heavy atom. The molecule has 108 valence electrons. The molecule has 0 amide bonds. The molecule has 0 aliphatic rings. The quantitative estimate of drug-likeness (QED) is 0.792. The first-order valence-corrected chi connectivity index (χ1v) is 7.70. The molecular weight excluding hydrogens is 290 g/mol. The van der Waals surface area contributed by atoms with Crippen molar-refractivity contribution in [2.24, 2.45) is 0 Å². The fourth-order valence-electron chi connectivity index (χ4n) is 1.52. The first kappa shape index (κ1) is 16.4. The van der Waals surface area contributed by atoms with E-state index in [9.17, 15) is 13.5 Å². The van der Waals surface area contributed by atoms with Crippen molar-refractivity contribution >= 4 is 21.6 Å². The van der Waals surface area contributed by atoms with E-state index >= 15 is 0 Å². The molecule has 2 N–H and O–H groups in total. The number of ether oxygens (including phenoxy) is 1. The van der Waals surface area contributed by atoms with Crippen LogP contribution in [-0.2, 0) is 20.5 Å². The van der Waals surface area contributed by atoms with Gasteiger partial charge in [-0.3, -0.25) is 0 Å². The summed E-state index contributed by atoms with van der Waals surface area (Å²) in [5.41, 5.74) is -0.651. The van der Waals surface area contributed by atoms with Crippen molar-refractivity contribution in [3.8, 4) is 0 Å². The van der Waals surface area contributed by atoms with Crippen molar-refractivity contribution in [2.45, 2.75) is 18.3 Å². The van der Waals surface area contributed by atoms with E-state index in [1.165, 1.54) is 14.0 Å². The standard InChI is InChI=1S/C12H18ClNO4S/c1-12(15,9-18-2)8-14-19(16,17)7-10-4-3-5-11(13)6-10/h3-6,14-15H,7-9H2,1-2H3. The van der Waals surface area contributed by atoms with Gasteiger partial charge >= 0.3 is 0 Å². The number of halogens is 1. The van der Waals surface area contributed by atoms with Crippen molar-refractivity contribution in [3.63, 3.8) is 0 Å². The van der Waals surface area contributed by atoms with Gasteiger partial charge in [-0.05, 0) is 24.6 Å². The van der Waals surface area contributed by atoms with Gasteiger partial charge in [-0.2, -0.15) is 0 Å². The zero-order valence-electron chi connectivity index (χ0n) is 10.9. The highest BCUT2D eigenvalue weighted by molar-refractivity contribution is 7.88. The van der Waals surface area contributed by atoms with E-state index in [0.29, 0.717) is 10.6 Å². The zero-order valence-corrected chi connectivity index (χ0v) is 12.5. The molecule has 0 bridgehead atoms. The van der Waals surface area contributed by atoms with E-state index in [-0.39, 0.29) is 18.9 Å². The summed E-state index contributed by atoms with van der Waals surface area (Å²) in [5.74, 6) is -0.184. The highest BCUT2D eigenvalue weighted by atomic mass is 35.5. The van der Waals surface area contributed by atoms with Gasteiger partial charge in [0.15, 0.2) is 0 Å². The number of methoxy groups -OCH3 is 1. The molecule has 1 aromatic carbocycles. The van der Waals surface area contributed by atoms with Crippen LogP contribution in [0.15, 0.2) is 24.3 Å². The first-order chi connectivity index (χ1) is 8.74. The van der Waals surface area contributed by atoms with Gasteiger partial charge < -0.3 is 9.84 Å². The van der Waals surface area contributed by atoms with Crippen LogP contribution in [0.2, 0.25) is 5.02 Å². The zero-order chi connectivity index (χ0) is 14.5. The predicted octanol–water partition coefficient (Wildman–Crippen LogP) is 1.16. The van der Waals surface area contributed by atoms with Crippen LogP contribution in [0, 0.1) is 0 Å². The number of sulfonamides is 1. The van der Waals surface area contributed by atoms with Crippen molar-refractivity contribution in [3.05, 3.63) is 34.9 Å². The van der Waals surface area contributed by atoms with Crippen LogP contribution in [0.3, 0.4) is 0 Å². The molecule has 7 heteroatoms. The summed E-state index contributed by atoms with van der Waals surface area (Å²) in [6.45, 7) is 1.44. The Labute approximate surface area is 118 Å². The maximum absolute atomic E-state index is 11.9. The summed E-state index contributed by atoms with van der Waals surface area (Å²) >= 11 is 5.79. The van der Waals surface area contributed by atoms with Crippen LogP contribution >= 0.6 is 11.6 Å². The average Bonchev–Trinajstić information content (AvgIpc) is 2.26. The third-order valence-electron chi connectivity index (χ3n) is 2.37. The molecule has 1 rings (SSSR count). The van der Waals surface area contributed by atoms with E-state index in [2.05, 4.69) is 4.72 Å². The summed E-state index contributed by atoms with van der Waals surface area (Å²) in [4.78, 5) is 0. The summed E-state index contributed by atoms with van der Waals surface area (Å²) < 4.78 is 30.9. The van der Waals surface area contributed by atoms with Gasteiger partial charge in [-0.1, -0.05) is 23.7 Å². The van der Waals surface area contributed by atoms with Gasteiger partial charge in [0, 0.05) is 18.7 Å². The second-order valence-electron chi connectivity index (χ2n) is 4.64. The van der Waals surface area contributed by atoms with Crippen LogP contribution in [0.4, 0.5) is 0 Å². The molecule has 0 aromatic heterocycles. The van der Waals surface area contributed by atoms with Gasteiger partial charge in [0.25, 0.3) is 0 Å². The molecule has 1 unspecified atom stereocenters. The van der Waals surface area contributed by atoms with E-state index in [4.69, 9.17) is 16.3 Å².